The van der Waals surface area contributed by atoms with Gasteiger partial charge in [0.2, 0.25) is 5.89 Å². The molecule has 2 aromatic rings. The number of aryl methyl sites for hydroxylation is 1. The maximum absolute atomic E-state index is 5.43. The Kier molecular flexibility index (Phi) is 4.02. The van der Waals surface area contributed by atoms with E-state index in [9.17, 15) is 0 Å². The fourth-order valence-electron chi connectivity index (χ4n) is 2.60. The van der Waals surface area contributed by atoms with Crippen molar-refractivity contribution in [3.8, 4) is 0 Å². The zero-order valence-electron chi connectivity index (χ0n) is 11.9. The van der Waals surface area contributed by atoms with Crippen LogP contribution in [-0.4, -0.2) is 18.1 Å². The first kappa shape index (κ1) is 13.2. The van der Waals surface area contributed by atoms with E-state index in [1.54, 1.807) is 6.20 Å². The zero-order valence-corrected chi connectivity index (χ0v) is 11.9. The van der Waals surface area contributed by atoms with Crippen molar-refractivity contribution in [1.29, 1.82) is 0 Å². The van der Waals surface area contributed by atoms with Gasteiger partial charge in [-0.2, -0.15) is 0 Å². The minimum Gasteiger partial charge on any atom is -0.445 e. The minimum absolute atomic E-state index is 0.668. The molecule has 0 saturated carbocycles. The second-order valence-electron chi connectivity index (χ2n) is 5.33. The van der Waals surface area contributed by atoms with Crippen LogP contribution in [0.1, 0.15) is 30.1 Å². The van der Waals surface area contributed by atoms with Crippen molar-refractivity contribution in [2.24, 2.45) is 0 Å². The molecule has 1 aromatic carbocycles. The van der Waals surface area contributed by atoms with Crippen LogP contribution >= 0.6 is 0 Å². The first-order valence-corrected chi connectivity index (χ1v) is 7.27. The normalized spacial score (nSPS) is 14.9. The van der Waals surface area contributed by atoms with Crippen LogP contribution in [0.5, 0.6) is 0 Å². The van der Waals surface area contributed by atoms with Crippen molar-refractivity contribution < 1.29 is 4.42 Å². The van der Waals surface area contributed by atoms with Gasteiger partial charge in [-0.25, -0.2) is 4.98 Å². The van der Waals surface area contributed by atoms with Crippen LogP contribution in [0.3, 0.4) is 0 Å². The fourth-order valence-corrected chi connectivity index (χ4v) is 2.60. The number of nitrogens with zero attached hydrogens (tertiary/aromatic N) is 2. The molecule has 4 heteroatoms. The lowest BCUT2D eigenvalue weighted by Gasteiger charge is -2.17. The number of rotatable bonds is 5. The summed E-state index contributed by atoms with van der Waals surface area (Å²) < 4.78 is 5.43. The smallest absolute Gasteiger partial charge is 0.208 e. The minimum atomic E-state index is 0.668. The number of aromatic nitrogens is 1. The molecule has 4 nitrogen and oxygen atoms in total. The highest BCUT2D eigenvalue weighted by molar-refractivity contribution is 5.48. The predicted molar refractivity (Wildman–Crippen MR) is 79.7 cm³/mol. The molecule has 2 heterocycles. The summed E-state index contributed by atoms with van der Waals surface area (Å²) in [5.41, 5.74) is 2.63. The van der Waals surface area contributed by atoms with Crippen LogP contribution in [0.2, 0.25) is 0 Å². The van der Waals surface area contributed by atoms with Crippen molar-refractivity contribution in [3.63, 3.8) is 0 Å². The van der Waals surface area contributed by atoms with E-state index in [2.05, 4.69) is 39.5 Å². The Hall–Kier alpha value is -1.81. The fraction of sp³-hybridized carbons (Fsp3) is 0.438. The van der Waals surface area contributed by atoms with Gasteiger partial charge in [0.1, 0.15) is 5.76 Å². The summed E-state index contributed by atoms with van der Waals surface area (Å²) in [6.45, 7) is 5.80. The number of nitrogens with one attached hydrogen (secondary N) is 1. The van der Waals surface area contributed by atoms with Crippen LogP contribution in [0.15, 0.2) is 34.9 Å². The molecule has 0 atom stereocenters. The van der Waals surface area contributed by atoms with Gasteiger partial charge < -0.3 is 14.6 Å². The van der Waals surface area contributed by atoms with E-state index in [1.807, 2.05) is 6.92 Å². The summed E-state index contributed by atoms with van der Waals surface area (Å²) in [5, 5.41) is 3.35. The Bertz CT molecular complexity index is 541. The summed E-state index contributed by atoms with van der Waals surface area (Å²) in [5.74, 6) is 1.60. The highest BCUT2D eigenvalue weighted by atomic mass is 16.4. The van der Waals surface area contributed by atoms with Crippen molar-refractivity contribution >= 4 is 5.69 Å². The third-order valence-corrected chi connectivity index (χ3v) is 3.68. The Morgan fingerprint density at radius 2 is 1.90 bits per heavy atom. The monoisotopic (exact) mass is 271 g/mol. The zero-order chi connectivity index (χ0) is 13.8. The third-order valence-electron chi connectivity index (χ3n) is 3.68. The maximum atomic E-state index is 5.43. The topological polar surface area (TPSA) is 41.3 Å². The molecule has 0 amide bonds. The Labute approximate surface area is 119 Å². The first-order chi connectivity index (χ1) is 9.81. The highest BCUT2D eigenvalue weighted by Crippen LogP contribution is 2.20. The van der Waals surface area contributed by atoms with Gasteiger partial charge in [0.05, 0.1) is 12.7 Å². The lowest BCUT2D eigenvalue weighted by atomic mass is 10.2. The van der Waals surface area contributed by atoms with Gasteiger partial charge in [-0.05, 0) is 37.5 Å². The lowest BCUT2D eigenvalue weighted by Crippen LogP contribution is -2.17. The van der Waals surface area contributed by atoms with Crippen molar-refractivity contribution in [2.45, 2.75) is 32.9 Å². The number of benzene rings is 1. The molecule has 106 valence electrons. The summed E-state index contributed by atoms with van der Waals surface area (Å²) >= 11 is 0. The highest BCUT2D eigenvalue weighted by Gasteiger charge is 2.11. The maximum Gasteiger partial charge on any atom is 0.208 e. The largest absolute Gasteiger partial charge is 0.445 e. The predicted octanol–water partition coefficient (Wildman–Crippen LogP) is 2.87. The molecule has 20 heavy (non-hydrogen) atoms. The van der Waals surface area contributed by atoms with E-state index < -0.39 is 0 Å². The molecule has 0 radical (unpaired) electrons. The molecule has 1 aliphatic rings. The van der Waals surface area contributed by atoms with Crippen molar-refractivity contribution in [3.05, 3.63) is 47.7 Å². The van der Waals surface area contributed by atoms with Gasteiger partial charge in [0.25, 0.3) is 0 Å². The Morgan fingerprint density at radius 1 is 1.15 bits per heavy atom. The SMILES string of the molecule is Cc1cnc(CNCc2ccc(N3CCCC3)cc2)o1. The molecule has 1 N–H and O–H groups in total. The van der Waals surface area contributed by atoms with E-state index in [-0.39, 0.29) is 0 Å². The summed E-state index contributed by atoms with van der Waals surface area (Å²) in [6, 6.07) is 8.83. The number of oxazole rings is 1. The van der Waals surface area contributed by atoms with Crippen LogP contribution in [0.4, 0.5) is 5.69 Å². The molecule has 0 aliphatic carbocycles. The summed E-state index contributed by atoms with van der Waals surface area (Å²) in [4.78, 5) is 6.63. The van der Waals surface area contributed by atoms with Gasteiger partial charge in [0, 0.05) is 25.3 Å². The molecular weight excluding hydrogens is 250 g/mol. The molecule has 1 aromatic heterocycles. The van der Waals surface area contributed by atoms with E-state index in [1.165, 1.54) is 37.2 Å². The van der Waals surface area contributed by atoms with Gasteiger partial charge in [0.15, 0.2) is 0 Å². The molecule has 0 bridgehead atoms. The Morgan fingerprint density at radius 3 is 2.55 bits per heavy atom. The number of hydrogen-bond donors (Lipinski definition) is 1. The van der Waals surface area contributed by atoms with E-state index in [0.29, 0.717) is 6.54 Å². The summed E-state index contributed by atoms with van der Waals surface area (Å²) in [7, 11) is 0. The number of hydrogen-bond acceptors (Lipinski definition) is 4. The molecule has 0 unspecified atom stereocenters. The molecule has 1 aliphatic heterocycles. The van der Waals surface area contributed by atoms with Gasteiger partial charge in [-0.15, -0.1) is 0 Å². The second-order valence-corrected chi connectivity index (χ2v) is 5.33. The lowest BCUT2D eigenvalue weighted by molar-refractivity contribution is 0.449. The molecular formula is C16H21N3O. The van der Waals surface area contributed by atoms with Crippen LogP contribution in [0.25, 0.3) is 0 Å². The molecule has 1 saturated heterocycles. The third kappa shape index (κ3) is 3.20. The van der Waals surface area contributed by atoms with Crippen LogP contribution in [0, 0.1) is 6.92 Å². The van der Waals surface area contributed by atoms with Gasteiger partial charge in [-0.3, -0.25) is 0 Å². The quantitative estimate of drug-likeness (QED) is 0.908. The average molecular weight is 271 g/mol. The Balaban J connectivity index is 1.50. The van der Waals surface area contributed by atoms with Gasteiger partial charge >= 0.3 is 0 Å². The average Bonchev–Trinajstić information content (AvgIpc) is 3.11. The first-order valence-electron chi connectivity index (χ1n) is 7.27. The second kappa shape index (κ2) is 6.09. The van der Waals surface area contributed by atoms with Crippen LogP contribution in [-0.2, 0) is 13.1 Å². The van der Waals surface area contributed by atoms with Gasteiger partial charge in [-0.1, -0.05) is 12.1 Å². The van der Waals surface area contributed by atoms with E-state index in [0.717, 1.165) is 18.2 Å². The van der Waals surface area contributed by atoms with E-state index in [4.69, 9.17) is 4.42 Å². The molecule has 0 spiro atoms. The molecule has 3 rings (SSSR count). The van der Waals surface area contributed by atoms with Crippen molar-refractivity contribution in [1.82, 2.24) is 10.3 Å². The number of anilines is 1. The van der Waals surface area contributed by atoms with E-state index >= 15 is 0 Å². The van der Waals surface area contributed by atoms with Crippen LogP contribution < -0.4 is 10.2 Å². The standard InChI is InChI=1S/C16H21N3O/c1-13-10-18-16(20-13)12-17-11-14-4-6-15(7-5-14)19-8-2-3-9-19/h4-7,10,17H,2-3,8-9,11-12H2,1H3. The summed E-state index contributed by atoms with van der Waals surface area (Å²) in [6.07, 6.45) is 4.39. The van der Waals surface area contributed by atoms with Crippen molar-refractivity contribution in [2.75, 3.05) is 18.0 Å². The molecule has 1 fully saturated rings.